The molecule has 1 aliphatic rings. The Kier molecular flexibility index (Phi) is 2.91. The van der Waals surface area contributed by atoms with Gasteiger partial charge in [0.15, 0.2) is 0 Å². The van der Waals surface area contributed by atoms with Crippen LogP contribution < -0.4 is 5.73 Å². The van der Waals surface area contributed by atoms with Crippen LogP contribution in [0, 0.1) is 0 Å². The van der Waals surface area contributed by atoms with Crippen LogP contribution in [0.3, 0.4) is 0 Å². The Morgan fingerprint density at radius 3 is 3.00 bits per heavy atom. The Balaban J connectivity index is 1.96. The lowest BCUT2D eigenvalue weighted by molar-refractivity contribution is 0.196. The van der Waals surface area contributed by atoms with Crippen molar-refractivity contribution in [3.8, 4) is 0 Å². The van der Waals surface area contributed by atoms with Gasteiger partial charge in [0, 0.05) is 37.6 Å². The summed E-state index contributed by atoms with van der Waals surface area (Å²) in [5, 5.41) is 1.07. The summed E-state index contributed by atoms with van der Waals surface area (Å²) in [5.41, 5.74) is 7.46. The molecule has 1 aliphatic heterocycles. The molecule has 5 nitrogen and oxygen atoms in total. The predicted octanol–water partition coefficient (Wildman–Crippen LogP) is 1.80. The molecule has 1 aromatic heterocycles. The highest BCUT2D eigenvalue weighted by molar-refractivity contribution is 5.84. The molecule has 0 bridgehead atoms. The van der Waals surface area contributed by atoms with E-state index in [2.05, 4.69) is 0 Å². The summed E-state index contributed by atoms with van der Waals surface area (Å²) < 4.78 is 5.56. The van der Waals surface area contributed by atoms with Crippen molar-refractivity contribution in [3.63, 3.8) is 0 Å². The monoisotopic (exact) mass is 259 g/mol. The number of nitrogens with zero attached hydrogens (tertiary/aromatic N) is 2. The number of rotatable bonds is 3. The zero-order valence-electron chi connectivity index (χ0n) is 10.9. The molecule has 0 aliphatic carbocycles. The number of benzene rings is 1. The van der Waals surface area contributed by atoms with Crippen LogP contribution in [0.5, 0.6) is 0 Å². The number of nitrogens with two attached hydrogens (primary N) is 1. The van der Waals surface area contributed by atoms with Crippen LogP contribution in [0.2, 0.25) is 0 Å². The average molecular weight is 259 g/mol. The fraction of sp³-hybridized carbons (Fsp3) is 0.357. The van der Waals surface area contributed by atoms with Gasteiger partial charge in [-0.1, -0.05) is 18.2 Å². The van der Waals surface area contributed by atoms with Gasteiger partial charge in [-0.3, -0.25) is 0 Å². The Labute approximate surface area is 111 Å². The lowest BCUT2D eigenvalue weighted by Crippen LogP contribution is -2.33. The van der Waals surface area contributed by atoms with Crippen LogP contribution in [0.25, 0.3) is 11.0 Å². The Hall–Kier alpha value is -2.01. The van der Waals surface area contributed by atoms with Crippen molar-refractivity contribution in [1.82, 2.24) is 9.80 Å². The van der Waals surface area contributed by atoms with E-state index in [9.17, 15) is 4.79 Å². The normalized spacial score (nSPS) is 19.7. The first kappa shape index (κ1) is 12.0. The number of likely N-dealkylation sites (N-methyl/N-ethyl adjacent to an activating group) is 1. The minimum atomic E-state index is 0.0285. The standard InChI is InChI=1S/C14H17N3O2/c1-16-12(8-17(7-6-15)14(16)18)11-9-19-13-5-3-2-4-10(11)13/h2-5,9,12H,6-8,15H2,1H3. The van der Waals surface area contributed by atoms with Crippen molar-refractivity contribution in [1.29, 1.82) is 0 Å². The highest BCUT2D eigenvalue weighted by atomic mass is 16.3. The van der Waals surface area contributed by atoms with Crippen LogP contribution in [-0.4, -0.2) is 42.5 Å². The molecule has 3 rings (SSSR count). The number of fused-ring (bicyclic) bond motifs is 1. The van der Waals surface area contributed by atoms with Gasteiger partial charge in [-0.05, 0) is 6.07 Å². The van der Waals surface area contributed by atoms with Crippen molar-refractivity contribution in [2.24, 2.45) is 5.73 Å². The second kappa shape index (κ2) is 4.59. The average Bonchev–Trinajstić information content (AvgIpc) is 2.96. The predicted molar refractivity (Wildman–Crippen MR) is 72.7 cm³/mol. The quantitative estimate of drug-likeness (QED) is 0.914. The van der Waals surface area contributed by atoms with Gasteiger partial charge in [-0.15, -0.1) is 0 Å². The number of para-hydroxylation sites is 1. The van der Waals surface area contributed by atoms with Gasteiger partial charge >= 0.3 is 6.03 Å². The molecule has 100 valence electrons. The van der Waals surface area contributed by atoms with E-state index in [1.165, 1.54) is 0 Å². The number of carbonyl (C=O) groups is 1. The summed E-state index contributed by atoms with van der Waals surface area (Å²) in [6.45, 7) is 1.74. The molecule has 1 fully saturated rings. The first-order chi connectivity index (χ1) is 9.22. The zero-order valence-corrected chi connectivity index (χ0v) is 10.9. The molecule has 2 heterocycles. The van der Waals surface area contributed by atoms with E-state index in [-0.39, 0.29) is 12.1 Å². The van der Waals surface area contributed by atoms with Crippen LogP contribution in [-0.2, 0) is 0 Å². The fourth-order valence-corrected chi connectivity index (χ4v) is 2.67. The Morgan fingerprint density at radius 1 is 1.42 bits per heavy atom. The summed E-state index contributed by atoms with van der Waals surface area (Å²) in [5.74, 6) is 0. The van der Waals surface area contributed by atoms with E-state index in [1.54, 1.807) is 16.1 Å². The van der Waals surface area contributed by atoms with E-state index < -0.39 is 0 Å². The fourth-order valence-electron chi connectivity index (χ4n) is 2.67. The van der Waals surface area contributed by atoms with Crippen LogP contribution in [0.1, 0.15) is 11.6 Å². The van der Waals surface area contributed by atoms with Crippen molar-refractivity contribution >= 4 is 17.0 Å². The summed E-state index contributed by atoms with van der Waals surface area (Å²) in [7, 11) is 1.82. The van der Waals surface area contributed by atoms with Crippen molar-refractivity contribution in [2.45, 2.75) is 6.04 Å². The third-order valence-electron chi connectivity index (χ3n) is 3.70. The largest absolute Gasteiger partial charge is 0.464 e. The molecule has 1 saturated heterocycles. The van der Waals surface area contributed by atoms with E-state index in [0.717, 1.165) is 16.5 Å². The summed E-state index contributed by atoms with van der Waals surface area (Å²) >= 11 is 0. The zero-order chi connectivity index (χ0) is 13.4. The SMILES string of the molecule is CN1C(=O)N(CCN)CC1c1coc2ccccc12. The number of urea groups is 1. The number of carbonyl (C=O) groups excluding carboxylic acids is 1. The second-order valence-electron chi connectivity index (χ2n) is 4.83. The summed E-state index contributed by atoms with van der Waals surface area (Å²) in [4.78, 5) is 15.6. The molecule has 2 aromatic rings. The topological polar surface area (TPSA) is 62.7 Å². The number of amides is 2. The molecule has 19 heavy (non-hydrogen) atoms. The van der Waals surface area contributed by atoms with Gasteiger partial charge < -0.3 is 20.0 Å². The Bertz CT molecular complexity index is 608. The number of furan rings is 1. The maximum Gasteiger partial charge on any atom is 0.320 e. The Morgan fingerprint density at radius 2 is 2.21 bits per heavy atom. The first-order valence-corrected chi connectivity index (χ1v) is 6.40. The molecule has 1 aromatic carbocycles. The van der Waals surface area contributed by atoms with Crippen LogP contribution in [0.15, 0.2) is 34.9 Å². The molecule has 2 N–H and O–H groups in total. The van der Waals surface area contributed by atoms with Crippen LogP contribution in [0.4, 0.5) is 4.79 Å². The third-order valence-corrected chi connectivity index (χ3v) is 3.70. The highest BCUT2D eigenvalue weighted by Gasteiger charge is 2.36. The lowest BCUT2D eigenvalue weighted by Gasteiger charge is -2.16. The van der Waals surface area contributed by atoms with Gasteiger partial charge in [0.25, 0.3) is 0 Å². The van der Waals surface area contributed by atoms with Gasteiger partial charge in [0.1, 0.15) is 5.58 Å². The molecule has 0 saturated carbocycles. The van der Waals surface area contributed by atoms with Gasteiger partial charge in [-0.25, -0.2) is 4.79 Å². The molecule has 0 spiro atoms. The van der Waals surface area contributed by atoms with Crippen molar-refractivity contribution in [2.75, 3.05) is 26.7 Å². The van der Waals surface area contributed by atoms with Crippen molar-refractivity contribution in [3.05, 3.63) is 36.1 Å². The molecule has 1 unspecified atom stereocenters. The van der Waals surface area contributed by atoms with E-state index >= 15 is 0 Å². The number of hydrogen-bond acceptors (Lipinski definition) is 3. The molecular formula is C14H17N3O2. The highest BCUT2D eigenvalue weighted by Crippen LogP contribution is 2.33. The first-order valence-electron chi connectivity index (χ1n) is 6.40. The maximum atomic E-state index is 12.1. The summed E-state index contributed by atoms with van der Waals surface area (Å²) in [6, 6.07) is 7.95. The van der Waals surface area contributed by atoms with Crippen molar-refractivity contribution < 1.29 is 9.21 Å². The van der Waals surface area contributed by atoms with Gasteiger partial charge in [-0.2, -0.15) is 0 Å². The van der Waals surface area contributed by atoms with Gasteiger partial charge in [0.2, 0.25) is 0 Å². The van der Waals surface area contributed by atoms with E-state index in [1.807, 2.05) is 31.3 Å². The smallest absolute Gasteiger partial charge is 0.320 e. The molecule has 2 amide bonds. The van der Waals surface area contributed by atoms with Crippen LogP contribution >= 0.6 is 0 Å². The maximum absolute atomic E-state index is 12.1. The van der Waals surface area contributed by atoms with E-state index in [4.69, 9.17) is 10.2 Å². The minimum Gasteiger partial charge on any atom is -0.464 e. The third kappa shape index (κ3) is 1.86. The second-order valence-corrected chi connectivity index (χ2v) is 4.83. The van der Waals surface area contributed by atoms with Gasteiger partial charge in [0.05, 0.1) is 12.3 Å². The number of hydrogen-bond donors (Lipinski definition) is 1. The van der Waals surface area contributed by atoms with E-state index in [0.29, 0.717) is 19.6 Å². The lowest BCUT2D eigenvalue weighted by atomic mass is 10.1. The molecule has 1 atom stereocenters. The summed E-state index contributed by atoms with van der Waals surface area (Å²) in [6.07, 6.45) is 1.76. The minimum absolute atomic E-state index is 0.0285. The molecular weight excluding hydrogens is 242 g/mol. The molecule has 5 heteroatoms. The molecule has 0 radical (unpaired) electrons.